The molecule has 5 heteroatoms. The van der Waals surface area contributed by atoms with Crippen LogP contribution in [-0.2, 0) is 12.4 Å². The average Bonchev–Trinajstić information content (AvgIpc) is 2.77. The summed E-state index contributed by atoms with van der Waals surface area (Å²) in [5.74, 6) is 0.724. The Labute approximate surface area is 114 Å². The van der Waals surface area contributed by atoms with Crippen molar-refractivity contribution < 1.29 is 4.39 Å². The molecule has 2 heterocycles. The van der Waals surface area contributed by atoms with Gasteiger partial charge in [0.05, 0.1) is 23.5 Å². The zero-order valence-electron chi connectivity index (χ0n) is 10.1. The first-order valence-corrected chi connectivity index (χ1v) is 6.41. The van der Waals surface area contributed by atoms with E-state index in [0.29, 0.717) is 12.1 Å². The fraction of sp³-hybridized carbons (Fsp3) is 0.143. The zero-order valence-corrected chi connectivity index (χ0v) is 10.8. The molecule has 0 spiro atoms. The average molecular weight is 276 g/mol. The molecule has 0 amide bonds. The van der Waals surface area contributed by atoms with Crippen LogP contribution in [0, 0.1) is 5.82 Å². The number of hydrogen-bond acceptors (Lipinski definition) is 2. The van der Waals surface area contributed by atoms with E-state index in [1.807, 2.05) is 16.7 Å². The summed E-state index contributed by atoms with van der Waals surface area (Å²) in [6.45, 7) is 0.623. The maximum Gasteiger partial charge on any atom is 0.125 e. The molecule has 0 bridgehead atoms. The highest BCUT2D eigenvalue weighted by molar-refractivity contribution is 6.16. The van der Waals surface area contributed by atoms with Crippen molar-refractivity contribution in [3.05, 3.63) is 59.9 Å². The largest absolute Gasteiger partial charge is 0.322 e. The topological polar surface area (TPSA) is 30.7 Å². The van der Waals surface area contributed by atoms with Crippen LogP contribution in [0.2, 0.25) is 0 Å². The summed E-state index contributed by atoms with van der Waals surface area (Å²) >= 11 is 5.92. The van der Waals surface area contributed by atoms with Crippen LogP contribution in [0.3, 0.4) is 0 Å². The summed E-state index contributed by atoms with van der Waals surface area (Å²) in [5, 5.41) is 0. The van der Waals surface area contributed by atoms with Gasteiger partial charge in [0.2, 0.25) is 0 Å². The Morgan fingerprint density at radius 3 is 2.89 bits per heavy atom. The molecule has 0 aliphatic carbocycles. The number of alkyl halides is 1. The van der Waals surface area contributed by atoms with Crippen molar-refractivity contribution in [3.63, 3.8) is 0 Å². The lowest BCUT2D eigenvalue weighted by molar-refractivity contribution is 0.629. The first-order chi connectivity index (χ1) is 9.28. The molecule has 0 fully saturated rings. The zero-order chi connectivity index (χ0) is 13.2. The Morgan fingerprint density at radius 2 is 2.16 bits per heavy atom. The van der Waals surface area contributed by atoms with Gasteiger partial charge >= 0.3 is 0 Å². The van der Waals surface area contributed by atoms with E-state index in [9.17, 15) is 4.39 Å². The molecule has 1 aromatic carbocycles. The Morgan fingerprint density at radius 1 is 1.26 bits per heavy atom. The van der Waals surface area contributed by atoms with Gasteiger partial charge in [0.1, 0.15) is 11.6 Å². The summed E-state index contributed by atoms with van der Waals surface area (Å²) < 4.78 is 15.2. The van der Waals surface area contributed by atoms with Gasteiger partial charge in [0, 0.05) is 18.5 Å². The van der Waals surface area contributed by atoms with Crippen LogP contribution in [-0.4, -0.2) is 14.5 Å². The molecule has 3 rings (SSSR count). The van der Waals surface area contributed by atoms with E-state index in [0.717, 1.165) is 16.9 Å². The van der Waals surface area contributed by atoms with Gasteiger partial charge < -0.3 is 4.57 Å². The second kappa shape index (κ2) is 4.97. The molecule has 0 radical (unpaired) electrons. The number of hydrogen-bond donors (Lipinski definition) is 0. The normalized spacial score (nSPS) is 11.1. The van der Waals surface area contributed by atoms with Crippen LogP contribution in [0.15, 0.2) is 42.7 Å². The molecule has 19 heavy (non-hydrogen) atoms. The van der Waals surface area contributed by atoms with Crippen molar-refractivity contribution in [1.29, 1.82) is 0 Å². The molecule has 0 N–H and O–H groups in total. The number of pyridine rings is 1. The molecular weight excluding hydrogens is 265 g/mol. The van der Waals surface area contributed by atoms with E-state index in [4.69, 9.17) is 11.6 Å². The van der Waals surface area contributed by atoms with Gasteiger partial charge in [-0.25, -0.2) is 9.37 Å². The third-order valence-electron chi connectivity index (χ3n) is 2.97. The van der Waals surface area contributed by atoms with Crippen LogP contribution >= 0.6 is 11.6 Å². The summed E-state index contributed by atoms with van der Waals surface area (Å²) in [7, 11) is 0. The van der Waals surface area contributed by atoms with Crippen molar-refractivity contribution in [2.45, 2.75) is 12.4 Å². The Kier molecular flexibility index (Phi) is 3.17. The van der Waals surface area contributed by atoms with Crippen LogP contribution < -0.4 is 0 Å². The quantitative estimate of drug-likeness (QED) is 0.686. The molecule has 0 aliphatic rings. The minimum absolute atomic E-state index is 0.288. The van der Waals surface area contributed by atoms with Crippen LogP contribution in [0.1, 0.15) is 11.4 Å². The molecule has 2 aromatic heterocycles. The van der Waals surface area contributed by atoms with E-state index >= 15 is 0 Å². The summed E-state index contributed by atoms with van der Waals surface area (Å²) in [5.41, 5.74) is 2.55. The monoisotopic (exact) mass is 275 g/mol. The van der Waals surface area contributed by atoms with E-state index in [-0.39, 0.29) is 11.7 Å². The number of rotatable bonds is 3. The predicted molar refractivity (Wildman–Crippen MR) is 72.6 cm³/mol. The number of aromatic nitrogens is 3. The number of imidazole rings is 1. The molecule has 0 saturated heterocycles. The third kappa shape index (κ3) is 2.31. The van der Waals surface area contributed by atoms with Gasteiger partial charge in [0.15, 0.2) is 0 Å². The van der Waals surface area contributed by atoms with Crippen LogP contribution in [0.25, 0.3) is 11.0 Å². The van der Waals surface area contributed by atoms with Crippen molar-refractivity contribution in [2.24, 2.45) is 0 Å². The third-order valence-corrected chi connectivity index (χ3v) is 3.21. The number of benzene rings is 1. The summed E-state index contributed by atoms with van der Waals surface area (Å²) in [6, 6.07) is 8.45. The predicted octanol–water partition coefficient (Wildman–Crippen LogP) is 3.36. The first kappa shape index (κ1) is 12.1. The number of fused-ring (bicyclic) bond motifs is 1. The maximum atomic E-state index is 13.2. The molecule has 0 saturated carbocycles. The Hall–Kier alpha value is -1.94. The second-order valence-corrected chi connectivity index (χ2v) is 4.51. The highest BCUT2D eigenvalue weighted by atomic mass is 35.5. The van der Waals surface area contributed by atoms with Gasteiger partial charge in [-0.3, -0.25) is 4.98 Å². The second-order valence-electron chi connectivity index (χ2n) is 4.24. The highest BCUT2D eigenvalue weighted by Crippen LogP contribution is 2.20. The van der Waals surface area contributed by atoms with Gasteiger partial charge in [-0.2, -0.15) is 0 Å². The molecule has 96 valence electrons. The van der Waals surface area contributed by atoms with Crippen molar-refractivity contribution in [2.75, 3.05) is 0 Å². The fourth-order valence-electron chi connectivity index (χ4n) is 2.11. The Balaban J connectivity index is 2.11. The molecule has 0 atom stereocenters. The number of halogens is 2. The first-order valence-electron chi connectivity index (χ1n) is 5.87. The van der Waals surface area contributed by atoms with E-state index < -0.39 is 0 Å². The van der Waals surface area contributed by atoms with E-state index in [1.165, 1.54) is 12.1 Å². The van der Waals surface area contributed by atoms with Crippen molar-refractivity contribution in [3.8, 4) is 0 Å². The molecule has 0 aliphatic heterocycles. The molecule has 0 unspecified atom stereocenters. The molecular formula is C14H11ClFN3. The standard InChI is InChI=1S/C14H11ClFN3/c15-7-14-18-12-6-11(16)3-4-13(12)19(14)9-10-2-1-5-17-8-10/h1-6,8H,7,9H2. The lowest BCUT2D eigenvalue weighted by Crippen LogP contribution is -2.04. The molecule has 3 nitrogen and oxygen atoms in total. The highest BCUT2D eigenvalue weighted by Gasteiger charge is 2.11. The van der Waals surface area contributed by atoms with Gasteiger partial charge in [-0.1, -0.05) is 6.07 Å². The van der Waals surface area contributed by atoms with Gasteiger partial charge in [-0.15, -0.1) is 11.6 Å². The Bertz CT molecular complexity index is 709. The van der Waals surface area contributed by atoms with Crippen molar-refractivity contribution >= 4 is 22.6 Å². The fourth-order valence-corrected chi connectivity index (χ4v) is 2.31. The van der Waals surface area contributed by atoms with Crippen LogP contribution in [0.4, 0.5) is 4.39 Å². The minimum Gasteiger partial charge on any atom is -0.322 e. The van der Waals surface area contributed by atoms with Crippen LogP contribution in [0.5, 0.6) is 0 Å². The summed E-state index contributed by atoms with van der Waals surface area (Å²) in [6.07, 6.45) is 3.53. The van der Waals surface area contributed by atoms with Gasteiger partial charge in [0.25, 0.3) is 0 Å². The van der Waals surface area contributed by atoms with E-state index in [2.05, 4.69) is 9.97 Å². The SMILES string of the molecule is Fc1ccc2c(c1)nc(CCl)n2Cc1cccnc1. The van der Waals surface area contributed by atoms with Gasteiger partial charge in [-0.05, 0) is 23.8 Å². The maximum absolute atomic E-state index is 13.2. The minimum atomic E-state index is -0.292. The molecule has 3 aromatic rings. The lowest BCUT2D eigenvalue weighted by Gasteiger charge is -2.07. The smallest absolute Gasteiger partial charge is 0.125 e. The lowest BCUT2D eigenvalue weighted by atomic mass is 10.2. The summed E-state index contributed by atoms with van der Waals surface area (Å²) in [4.78, 5) is 8.45. The van der Waals surface area contributed by atoms with E-state index in [1.54, 1.807) is 18.5 Å². The van der Waals surface area contributed by atoms with Crippen molar-refractivity contribution in [1.82, 2.24) is 14.5 Å². The number of nitrogens with zero attached hydrogens (tertiary/aromatic N) is 3.